The van der Waals surface area contributed by atoms with Crippen LogP contribution in [-0.4, -0.2) is 141 Å². The third kappa shape index (κ3) is 15.0. The van der Waals surface area contributed by atoms with Crippen LogP contribution < -0.4 is 0 Å². The number of fused-ring (bicyclic) bond motifs is 3. The summed E-state index contributed by atoms with van der Waals surface area (Å²) in [4.78, 5) is 59.0. The van der Waals surface area contributed by atoms with E-state index >= 15 is 0 Å². The summed E-state index contributed by atoms with van der Waals surface area (Å²) in [6.07, 6.45) is 5.16. The topological polar surface area (TPSA) is 222 Å². The molecular formula is C54H81NO15S. The van der Waals surface area contributed by atoms with E-state index in [1.807, 2.05) is 39.0 Å². The summed E-state index contributed by atoms with van der Waals surface area (Å²) >= 11 is 0. The maximum atomic E-state index is 14.5. The van der Waals surface area contributed by atoms with Crippen molar-refractivity contribution in [2.24, 2.45) is 29.6 Å². The minimum atomic E-state index is -4.01. The van der Waals surface area contributed by atoms with E-state index in [2.05, 4.69) is 0 Å². The van der Waals surface area contributed by atoms with Gasteiger partial charge in [0, 0.05) is 52.0 Å². The molecule has 16 nitrogen and oxygen atoms in total. The van der Waals surface area contributed by atoms with Gasteiger partial charge in [0.1, 0.15) is 24.0 Å². The third-order valence-electron chi connectivity index (χ3n) is 15.1. The van der Waals surface area contributed by atoms with Gasteiger partial charge in [0.05, 0.1) is 41.5 Å². The number of aliphatic hydroxyl groups excluding tert-OH is 2. The first-order valence-corrected chi connectivity index (χ1v) is 26.9. The number of benzene rings is 1. The van der Waals surface area contributed by atoms with E-state index in [4.69, 9.17) is 27.9 Å². The minimum Gasteiger partial charge on any atom is -0.456 e. The fraction of sp³-hybridized carbons (Fsp3) is 0.704. The number of methoxy groups -OCH3 is 3. The molecule has 15 atom stereocenters. The Morgan fingerprint density at radius 2 is 1.54 bits per heavy atom. The highest BCUT2D eigenvalue weighted by molar-refractivity contribution is 7.86. The molecule has 3 aliphatic heterocycles. The van der Waals surface area contributed by atoms with Crippen molar-refractivity contribution in [3.8, 4) is 0 Å². The predicted octanol–water partition coefficient (Wildman–Crippen LogP) is 6.50. The van der Waals surface area contributed by atoms with Gasteiger partial charge in [-0.3, -0.25) is 18.6 Å². The molecule has 1 aliphatic carbocycles. The summed E-state index contributed by atoms with van der Waals surface area (Å²) < 4.78 is 61.5. The quantitative estimate of drug-likeness (QED) is 0.0880. The van der Waals surface area contributed by atoms with Crippen molar-refractivity contribution in [2.75, 3.05) is 27.9 Å². The van der Waals surface area contributed by atoms with Crippen LogP contribution >= 0.6 is 0 Å². The van der Waals surface area contributed by atoms with E-state index in [0.717, 1.165) is 16.0 Å². The number of nitrogens with zero attached hydrogens (tertiary/aromatic N) is 1. The SMILES string of the molecule is CO[C@H]1C[C@@H](C)C/C(C)=C/[C@@H](C/C=C/CC(C)OS(=O)(=O)c2ccc(C)cc2)C(=O)C[C@H](O)[C@@H](C)[C@@H](/C(C)=C/[C@@H]2CC[C@@H](O)[C@H](OC)C2)OC(=O)[C@@H]2CCCCN2C(=O)C(=O)[C@]2(O)O[C@H]1[C@@H](OC)C[C@H]2C. The lowest BCUT2D eigenvalue weighted by atomic mass is 9.81. The normalized spacial score (nSPS) is 36.1. The molecule has 17 heteroatoms. The molecule has 0 aromatic heterocycles. The number of esters is 1. The smallest absolute Gasteiger partial charge is 0.329 e. The molecule has 1 unspecified atom stereocenters. The highest BCUT2D eigenvalue weighted by atomic mass is 32.2. The number of ketones is 2. The number of allylic oxidation sites excluding steroid dienone is 4. The number of rotatable bonds is 12. The second kappa shape index (κ2) is 26.0. The monoisotopic (exact) mass is 1020 g/mol. The molecule has 3 N–H and O–H groups in total. The highest BCUT2D eigenvalue weighted by Crippen LogP contribution is 2.39. The van der Waals surface area contributed by atoms with Crippen molar-refractivity contribution in [3.05, 3.63) is 65.3 Å². The fourth-order valence-corrected chi connectivity index (χ4v) is 11.9. The van der Waals surface area contributed by atoms with Crippen LogP contribution in [0.2, 0.25) is 0 Å². The van der Waals surface area contributed by atoms with Crippen LogP contribution in [0.15, 0.2) is 64.6 Å². The second-order valence-electron chi connectivity index (χ2n) is 20.9. The van der Waals surface area contributed by atoms with E-state index < -0.39 is 106 Å². The van der Waals surface area contributed by atoms with Gasteiger partial charge >= 0.3 is 5.97 Å². The molecule has 1 aromatic carbocycles. The Kier molecular flexibility index (Phi) is 21.3. The molecule has 0 spiro atoms. The van der Waals surface area contributed by atoms with E-state index in [-0.39, 0.29) is 61.2 Å². The van der Waals surface area contributed by atoms with Gasteiger partial charge in [-0.15, -0.1) is 0 Å². The third-order valence-corrected chi connectivity index (χ3v) is 16.5. The standard InChI is InChI=1S/C54H81NO15S/c1-32-18-21-41(22-19-32)71(63,64)70-37(6)15-11-12-16-40-26-33(2)25-34(3)27-47(66-9)50-48(67-10)29-36(5)54(62,69-50)51(59)52(60)55-24-14-13-17-42(55)53(61)68-49(38(7)44(57)31-45(40)58)35(4)28-39-20-23-43(56)46(30-39)65-8/h11-12,18-19,21-22,26,28,34,36-40,42-44,46-50,56-57,62H,13-17,20,23-25,27,29-31H2,1-10H3/b12-11+,33-26+,35-28+/t34-,36+,37?,38+,39-,40+,42-,43+,44-,46+,47-,48-,49+,50+,54+/m0/s1. The fourth-order valence-electron chi connectivity index (χ4n) is 10.8. The number of carbonyl (C=O) groups is 4. The lowest BCUT2D eigenvalue weighted by molar-refractivity contribution is -0.302. The van der Waals surface area contributed by atoms with Crippen molar-refractivity contribution in [2.45, 2.75) is 191 Å². The van der Waals surface area contributed by atoms with Crippen LogP contribution in [0.4, 0.5) is 0 Å². The van der Waals surface area contributed by atoms with Gasteiger partial charge in [-0.2, -0.15) is 8.42 Å². The number of carbonyl (C=O) groups excluding carboxylic acids is 4. The van der Waals surface area contributed by atoms with Gasteiger partial charge in [-0.05, 0) is 128 Å². The summed E-state index contributed by atoms with van der Waals surface area (Å²) in [6.45, 7) is 12.6. The van der Waals surface area contributed by atoms with E-state index in [1.165, 1.54) is 26.4 Å². The Morgan fingerprint density at radius 3 is 2.20 bits per heavy atom. The molecule has 3 heterocycles. The zero-order chi connectivity index (χ0) is 52.4. The molecule has 1 amide bonds. The van der Waals surface area contributed by atoms with Gasteiger partial charge in [0.2, 0.25) is 5.79 Å². The van der Waals surface area contributed by atoms with Crippen molar-refractivity contribution < 1.29 is 70.8 Å². The summed E-state index contributed by atoms with van der Waals surface area (Å²) in [5, 5.41) is 34.7. The Morgan fingerprint density at radius 1 is 0.873 bits per heavy atom. The molecule has 1 saturated carbocycles. The number of piperidine rings is 1. The maximum Gasteiger partial charge on any atom is 0.329 e. The zero-order valence-electron chi connectivity index (χ0n) is 43.5. The molecule has 398 valence electrons. The zero-order valence-corrected chi connectivity index (χ0v) is 44.3. The summed E-state index contributed by atoms with van der Waals surface area (Å²) in [5.41, 5.74) is 2.40. The molecule has 71 heavy (non-hydrogen) atoms. The number of cyclic esters (lactones) is 1. The number of amides is 1. The van der Waals surface area contributed by atoms with Crippen LogP contribution in [0.3, 0.4) is 0 Å². The van der Waals surface area contributed by atoms with Crippen molar-refractivity contribution in [3.63, 3.8) is 0 Å². The molecule has 1 aromatic rings. The Balaban J connectivity index is 1.50. The first kappa shape index (κ1) is 58.2. The van der Waals surface area contributed by atoms with Gasteiger partial charge in [0.15, 0.2) is 0 Å². The average molecular weight is 1020 g/mol. The number of aliphatic hydroxyl groups is 3. The van der Waals surface area contributed by atoms with E-state index in [9.17, 15) is 42.9 Å². The molecule has 5 rings (SSSR count). The van der Waals surface area contributed by atoms with E-state index in [1.54, 1.807) is 53.0 Å². The molecule has 4 aliphatic rings. The van der Waals surface area contributed by atoms with Crippen LogP contribution in [0.5, 0.6) is 0 Å². The van der Waals surface area contributed by atoms with E-state index in [0.29, 0.717) is 50.5 Å². The van der Waals surface area contributed by atoms with Gasteiger partial charge in [-0.25, -0.2) is 4.79 Å². The van der Waals surface area contributed by atoms with Gasteiger partial charge < -0.3 is 43.9 Å². The first-order valence-electron chi connectivity index (χ1n) is 25.5. The van der Waals surface area contributed by atoms with Crippen molar-refractivity contribution >= 4 is 33.6 Å². The van der Waals surface area contributed by atoms with Crippen molar-refractivity contribution in [1.82, 2.24) is 4.90 Å². The number of Topliss-reactive ketones (excluding diaryl/α,β-unsaturated/α-hetero) is 2. The lowest BCUT2D eigenvalue weighted by Crippen LogP contribution is -2.64. The molecule has 0 radical (unpaired) electrons. The Hall–Kier alpha value is -3.65. The molecular weight excluding hydrogens is 935 g/mol. The molecule has 2 bridgehead atoms. The number of hydrogen-bond acceptors (Lipinski definition) is 15. The van der Waals surface area contributed by atoms with Gasteiger partial charge in [0.25, 0.3) is 21.8 Å². The van der Waals surface area contributed by atoms with Crippen molar-refractivity contribution in [1.29, 1.82) is 0 Å². The largest absolute Gasteiger partial charge is 0.456 e. The van der Waals surface area contributed by atoms with Crippen LogP contribution in [0, 0.1) is 36.5 Å². The highest BCUT2D eigenvalue weighted by Gasteiger charge is 2.56. The average Bonchev–Trinajstić information content (AvgIpc) is 3.33. The van der Waals surface area contributed by atoms with Crippen LogP contribution in [-0.2, 0) is 57.2 Å². The Bertz CT molecular complexity index is 2170. The molecule has 2 saturated heterocycles. The first-order chi connectivity index (χ1) is 33.5. The summed E-state index contributed by atoms with van der Waals surface area (Å²) in [6, 6.07) is 5.21. The lowest BCUT2D eigenvalue weighted by Gasteiger charge is -2.47. The number of hydrogen-bond donors (Lipinski definition) is 3. The van der Waals surface area contributed by atoms with Crippen LogP contribution in [0.1, 0.15) is 124 Å². The maximum absolute atomic E-state index is 14.5. The number of ether oxygens (including phenoxy) is 5. The van der Waals surface area contributed by atoms with Crippen LogP contribution in [0.25, 0.3) is 0 Å². The molecule has 3 fully saturated rings. The number of aryl methyl sites for hydroxylation is 1. The summed E-state index contributed by atoms with van der Waals surface area (Å²) in [5.74, 6) is -8.47. The second-order valence-corrected chi connectivity index (χ2v) is 22.4. The Labute approximate surface area is 421 Å². The van der Waals surface area contributed by atoms with Gasteiger partial charge in [-0.1, -0.05) is 68.3 Å². The summed E-state index contributed by atoms with van der Waals surface area (Å²) in [7, 11) is 0.542. The minimum absolute atomic E-state index is 0.0484. The predicted molar refractivity (Wildman–Crippen MR) is 265 cm³/mol.